The summed E-state index contributed by atoms with van der Waals surface area (Å²) in [5.74, 6) is -1.22. The molecule has 1 atom stereocenters. The van der Waals surface area contributed by atoms with Crippen molar-refractivity contribution in [3.05, 3.63) is 88.4 Å². The molecule has 0 aromatic heterocycles. The molecule has 0 fully saturated rings. The second-order valence-electron chi connectivity index (χ2n) is 9.71. The topological polar surface area (TPSA) is 144 Å². The highest BCUT2D eigenvalue weighted by Crippen LogP contribution is 2.28. The number of hydrogen-bond acceptors (Lipinski definition) is 8. The number of nitrogens with zero attached hydrogens (tertiary/aromatic N) is 1. The largest absolute Gasteiger partial charge is 0.490 e. The molecule has 0 aliphatic heterocycles. The molecule has 0 radical (unpaired) electrons. The smallest absolute Gasteiger partial charge is 0.338 e. The summed E-state index contributed by atoms with van der Waals surface area (Å²) in [6.45, 7) is 7.48. The fourth-order valence-electron chi connectivity index (χ4n) is 3.84. The minimum Gasteiger partial charge on any atom is -0.490 e. The van der Waals surface area contributed by atoms with Gasteiger partial charge in [-0.15, -0.1) is 0 Å². The van der Waals surface area contributed by atoms with Gasteiger partial charge in [-0.25, -0.2) is 10.2 Å². The van der Waals surface area contributed by atoms with E-state index in [-0.39, 0.29) is 19.1 Å². The van der Waals surface area contributed by atoms with Crippen LogP contribution in [-0.4, -0.2) is 55.8 Å². The molecule has 44 heavy (non-hydrogen) atoms. The molecule has 3 rings (SSSR count). The van der Waals surface area contributed by atoms with E-state index in [9.17, 15) is 19.2 Å². The Labute approximate surface area is 260 Å². The van der Waals surface area contributed by atoms with Crippen LogP contribution in [0.4, 0.5) is 5.69 Å². The Balaban J connectivity index is 1.57. The SMILES string of the molecule is CCOC(=O)c1ccc(NC(=O)COc2ccc(/C=N/NC(=O)C(NC(=O)c3ccc(Cl)cc3)C(C)C)cc2OCC)cc1. The molecule has 232 valence electrons. The zero-order valence-corrected chi connectivity index (χ0v) is 25.6. The summed E-state index contributed by atoms with van der Waals surface area (Å²) in [6, 6.07) is 16.8. The number of anilines is 1. The average molecular weight is 623 g/mol. The predicted molar refractivity (Wildman–Crippen MR) is 167 cm³/mol. The van der Waals surface area contributed by atoms with Crippen LogP contribution >= 0.6 is 11.6 Å². The van der Waals surface area contributed by atoms with Gasteiger partial charge < -0.3 is 24.8 Å². The number of hydrazone groups is 1. The van der Waals surface area contributed by atoms with Crippen molar-refractivity contribution < 1.29 is 33.4 Å². The predicted octanol–water partition coefficient (Wildman–Crippen LogP) is 4.84. The fraction of sp³-hybridized carbons (Fsp3) is 0.281. The lowest BCUT2D eigenvalue weighted by Crippen LogP contribution is -2.48. The molecular weight excluding hydrogens is 588 g/mol. The molecule has 0 spiro atoms. The fourth-order valence-corrected chi connectivity index (χ4v) is 3.96. The minimum atomic E-state index is -0.827. The number of rotatable bonds is 14. The Morgan fingerprint density at radius 1 is 0.864 bits per heavy atom. The standard InChI is InChI=1S/C32H35ClN4O7/c1-5-42-27-17-21(18-34-37-31(40)29(20(3)4)36-30(39)22-8-12-24(33)13-9-22)7-16-26(27)44-19-28(38)35-25-14-10-23(11-15-25)32(41)43-6-2/h7-18,20,29H,5-6,19H2,1-4H3,(H,35,38)(H,36,39)(H,37,40)/b34-18+. The average Bonchev–Trinajstić information content (AvgIpc) is 3.00. The quantitative estimate of drug-likeness (QED) is 0.133. The van der Waals surface area contributed by atoms with Gasteiger partial charge in [0.1, 0.15) is 6.04 Å². The summed E-state index contributed by atoms with van der Waals surface area (Å²) in [6.07, 6.45) is 1.43. The maximum Gasteiger partial charge on any atom is 0.338 e. The maximum atomic E-state index is 12.8. The summed E-state index contributed by atoms with van der Waals surface area (Å²) in [5.41, 5.74) is 4.32. The Morgan fingerprint density at radius 2 is 1.55 bits per heavy atom. The van der Waals surface area contributed by atoms with Crippen LogP contribution in [0.1, 0.15) is 54.0 Å². The molecule has 3 aromatic rings. The number of nitrogens with one attached hydrogen (secondary N) is 3. The molecule has 0 heterocycles. The van der Waals surface area contributed by atoms with Crippen molar-refractivity contribution in [1.82, 2.24) is 10.7 Å². The summed E-state index contributed by atoms with van der Waals surface area (Å²) < 4.78 is 16.3. The highest BCUT2D eigenvalue weighted by atomic mass is 35.5. The summed E-state index contributed by atoms with van der Waals surface area (Å²) in [4.78, 5) is 49.7. The van der Waals surface area contributed by atoms with Crippen molar-refractivity contribution in [2.24, 2.45) is 11.0 Å². The van der Waals surface area contributed by atoms with E-state index in [4.69, 9.17) is 25.8 Å². The van der Waals surface area contributed by atoms with Crippen LogP contribution in [0.5, 0.6) is 11.5 Å². The molecule has 3 aromatic carbocycles. The van der Waals surface area contributed by atoms with Gasteiger partial charge in [0, 0.05) is 16.3 Å². The van der Waals surface area contributed by atoms with Gasteiger partial charge in [-0.05, 0) is 92.1 Å². The lowest BCUT2D eigenvalue weighted by atomic mass is 10.0. The lowest BCUT2D eigenvalue weighted by Gasteiger charge is -2.20. The van der Waals surface area contributed by atoms with Crippen LogP contribution < -0.4 is 25.5 Å². The molecule has 12 heteroatoms. The Bertz CT molecular complexity index is 1470. The molecule has 3 N–H and O–H groups in total. The van der Waals surface area contributed by atoms with E-state index in [1.165, 1.54) is 6.21 Å². The third-order valence-electron chi connectivity index (χ3n) is 6.04. The maximum absolute atomic E-state index is 12.8. The third-order valence-corrected chi connectivity index (χ3v) is 6.29. The molecule has 0 saturated heterocycles. The molecule has 0 aliphatic carbocycles. The van der Waals surface area contributed by atoms with Gasteiger partial charge in [-0.1, -0.05) is 25.4 Å². The minimum absolute atomic E-state index is 0.205. The Morgan fingerprint density at radius 3 is 2.18 bits per heavy atom. The summed E-state index contributed by atoms with van der Waals surface area (Å²) in [5, 5.41) is 9.97. The number of ether oxygens (including phenoxy) is 3. The number of esters is 1. The highest BCUT2D eigenvalue weighted by molar-refractivity contribution is 6.30. The van der Waals surface area contributed by atoms with Crippen molar-refractivity contribution in [3.8, 4) is 11.5 Å². The summed E-state index contributed by atoms with van der Waals surface area (Å²) >= 11 is 5.89. The van der Waals surface area contributed by atoms with Gasteiger partial charge in [0.2, 0.25) is 0 Å². The highest BCUT2D eigenvalue weighted by Gasteiger charge is 2.24. The van der Waals surface area contributed by atoms with E-state index in [2.05, 4.69) is 21.2 Å². The van der Waals surface area contributed by atoms with E-state index in [0.29, 0.717) is 45.5 Å². The van der Waals surface area contributed by atoms with Crippen LogP contribution in [0.25, 0.3) is 0 Å². The van der Waals surface area contributed by atoms with Gasteiger partial charge in [0.05, 0.1) is 25.0 Å². The third kappa shape index (κ3) is 10.1. The van der Waals surface area contributed by atoms with Crippen LogP contribution in [0, 0.1) is 5.92 Å². The van der Waals surface area contributed by atoms with Gasteiger partial charge >= 0.3 is 5.97 Å². The first-order valence-electron chi connectivity index (χ1n) is 14.0. The first-order chi connectivity index (χ1) is 21.1. The molecule has 11 nitrogen and oxygen atoms in total. The van der Waals surface area contributed by atoms with Crippen LogP contribution in [0.2, 0.25) is 5.02 Å². The first-order valence-corrected chi connectivity index (χ1v) is 14.3. The van der Waals surface area contributed by atoms with Crippen molar-refractivity contribution in [1.29, 1.82) is 0 Å². The monoisotopic (exact) mass is 622 g/mol. The van der Waals surface area contributed by atoms with Gasteiger partial charge in [-0.3, -0.25) is 14.4 Å². The Hall–Kier alpha value is -4.90. The van der Waals surface area contributed by atoms with E-state index in [0.717, 1.165) is 0 Å². The van der Waals surface area contributed by atoms with E-state index >= 15 is 0 Å². The molecular formula is C32H35ClN4O7. The van der Waals surface area contributed by atoms with E-state index in [1.807, 2.05) is 20.8 Å². The normalized spacial score (nSPS) is 11.5. The zero-order chi connectivity index (χ0) is 32.1. The van der Waals surface area contributed by atoms with Crippen LogP contribution in [-0.2, 0) is 14.3 Å². The van der Waals surface area contributed by atoms with Crippen molar-refractivity contribution in [2.75, 3.05) is 25.1 Å². The number of halogens is 1. The van der Waals surface area contributed by atoms with Crippen molar-refractivity contribution in [2.45, 2.75) is 33.7 Å². The first kappa shape index (κ1) is 33.6. The lowest BCUT2D eigenvalue weighted by molar-refractivity contribution is -0.124. The zero-order valence-electron chi connectivity index (χ0n) is 24.9. The molecule has 0 aliphatic rings. The number of benzene rings is 3. The summed E-state index contributed by atoms with van der Waals surface area (Å²) in [7, 11) is 0. The van der Waals surface area contributed by atoms with Crippen LogP contribution in [0.15, 0.2) is 71.8 Å². The number of amides is 3. The molecule has 0 bridgehead atoms. The van der Waals surface area contributed by atoms with Gasteiger partial charge in [0.15, 0.2) is 18.1 Å². The Kier molecular flexibility index (Phi) is 12.7. The van der Waals surface area contributed by atoms with Gasteiger partial charge in [-0.2, -0.15) is 5.10 Å². The molecule has 0 saturated carbocycles. The van der Waals surface area contributed by atoms with Crippen LogP contribution in [0.3, 0.4) is 0 Å². The van der Waals surface area contributed by atoms with E-state index < -0.39 is 29.7 Å². The number of hydrogen-bond donors (Lipinski definition) is 3. The second kappa shape index (κ2) is 16.7. The molecule has 1 unspecified atom stereocenters. The van der Waals surface area contributed by atoms with E-state index in [1.54, 1.807) is 73.7 Å². The number of carbonyl (C=O) groups excluding carboxylic acids is 4. The van der Waals surface area contributed by atoms with Gasteiger partial charge in [0.25, 0.3) is 17.7 Å². The van der Waals surface area contributed by atoms with Crippen molar-refractivity contribution in [3.63, 3.8) is 0 Å². The molecule has 3 amide bonds. The number of carbonyl (C=O) groups is 4. The van der Waals surface area contributed by atoms with Crippen molar-refractivity contribution >= 4 is 47.2 Å². The second-order valence-corrected chi connectivity index (χ2v) is 10.1.